The minimum atomic E-state index is 0.0626. The Morgan fingerprint density at radius 3 is 1.68 bits per heavy atom. The number of hydrogen-bond acceptors (Lipinski definition) is 4. The van der Waals surface area contributed by atoms with Crippen LogP contribution >= 0.6 is 11.8 Å². The predicted octanol–water partition coefficient (Wildman–Crippen LogP) is 7.92. The lowest BCUT2D eigenvalue weighted by Gasteiger charge is -2.37. The summed E-state index contributed by atoms with van der Waals surface area (Å²) >= 11 is 1.75. The van der Waals surface area contributed by atoms with E-state index in [9.17, 15) is 10.5 Å². The zero-order valence-corrected chi connectivity index (χ0v) is 19.3. The molecule has 0 N–H and O–H groups in total. The van der Waals surface area contributed by atoms with Crippen molar-refractivity contribution in [2.45, 2.75) is 56.2 Å². The molecule has 0 aromatic heterocycles. The number of nitrogens with zero attached hydrogens (tertiary/aromatic N) is 3. The van der Waals surface area contributed by atoms with E-state index in [-0.39, 0.29) is 11.8 Å². The van der Waals surface area contributed by atoms with E-state index < -0.39 is 0 Å². The van der Waals surface area contributed by atoms with E-state index in [0.717, 1.165) is 43.5 Å². The van der Waals surface area contributed by atoms with Gasteiger partial charge >= 0.3 is 0 Å². The highest BCUT2D eigenvalue weighted by atomic mass is 32.2. The normalized spacial score (nSPS) is 12.4. The molecule has 3 nitrogen and oxygen atoms in total. The van der Waals surface area contributed by atoms with Crippen LogP contribution in [0.3, 0.4) is 0 Å². The van der Waals surface area contributed by atoms with Crippen LogP contribution in [0.5, 0.6) is 0 Å². The van der Waals surface area contributed by atoms with Gasteiger partial charge in [-0.2, -0.15) is 10.5 Å². The molecule has 0 radical (unpaired) electrons. The number of rotatable bonds is 3. The molecule has 154 valence electrons. The first kappa shape index (κ1) is 21.0. The molecule has 3 aromatic rings. The van der Waals surface area contributed by atoms with E-state index in [1.807, 2.05) is 19.1 Å². The van der Waals surface area contributed by atoms with E-state index >= 15 is 0 Å². The summed E-state index contributed by atoms with van der Waals surface area (Å²) in [6.45, 7) is 10.4. The van der Waals surface area contributed by atoms with Gasteiger partial charge in [0.1, 0.15) is 6.07 Å². The molecule has 3 aromatic carbocycles. The molecule has 1 heterocycles. The molecule has 0 spiro atoms. The van der Waals surface area contributed by atoms with Crippen LogP contribution in [0.15, 0.2) is 58.3 Å². The van der Waals surface area contributed by atoms with Crippen LogP contribution in [0, 0.1) is 29.6 Å². The van der Waals surface area contributed by atoms with Gasteiger partial charge in [0, 0.05) is 9.79 Å². The predicted molar refractivity (Wildman–Crippen MR) is 128 cm³/mol. The third kappa shape index (κ3) is 3.29. The first-order chi connectivity index (χ1) is 14.9. The molecule has 1 aliphatic heterocycles. The fourth-order valence-electron chi connectivity index (χ4n) is 4.62. The monoisotopic (exact) mass is 423 g/mol. The second-order valence-electron chi connectivity index (χ2n) is 8.46. The van der Waals surface area contributed by atoms with Crippen LogP contribution in [0.1, 0.15) is 67.3 Å². The van der Waals surface area contributed by atoms with Gasteiger partial charge in [-0.15, -0.1) is 0 Å². The number of para-hydroxylation sites is 2. The highest BCUT2D eigenvalue weighted by Crippen LogP contribution is 2.54. The zero-order chi connectivity index (χ0) is 22.3. The van der Waals surface area contributed by atoms with Gasteiger partial charge in [-0.3, -0.25) is 0 Å². The van der Waals surface area contributed by atoms with Crippen molar-refractivity contribution < 1.29 is 0 Å². The van der Waals surface area contributed by atoms with Crippen molar-refractivity contribution in [1.82, 2.24) is 0 Å². The van der Waals surface area contributed by atoms with Crippen LogP contribution in [-0.2, 0) is 0 Å². The van der Waals surface area contributed by atoms with Crippen LogP contribution < -0.4 is 4.90 Å². The smallest absolute Gasteiger partial charge is 0.102 e. The van der Waals surface area contributed by atoms with Gasteiger partial charge in [-0.05, 0) is 59.7 Å². The maximum absolute atomic E-state index is 10.4. The van der Waals surface area contributed by atoms with Crippen molar-refractivity contribution >= 4 is 28.8 Å². The lowest BCUT2D eigenvalue weighted by Crippen LogP contribution is -2.21. The summed E-state index contributed by atoms with van der Waals surface area (Å²) in [6, 6.07) is 21.6. The lowest BCUT2D eigenvalue weighted by atomic mass is 9.82. The minimum absolute atomic E-state index is 0.0626. The molecule has 1 aliphatic rings. The van der Waals surface area contributed by atoms with Gasteiger partial charge in [0.05, 0.1) is 34.3 Å². The summed E-state index contributed by atoms with van der Waals surface area (Å²) in [7, 11) is 0. The number of benzene rings is 3. The molecule has 0 unspecified atom stereocenters. The van der Waals surface area contributed by atoms with E-state index in [4.69, 9.17) is 0 Å². The lowest BCUT2D eigenvalue weighted by molar-refractivity contribution is 0.825. The van der Waals surface area contributed by atoms with E-state index in [0.29, 0.717) is 11.1 Å². The van der Waals surface area contributed by atoms with Gasteiger partial charge in [0.25, 0.3) is 0 Å². The Morgan fingerprint density at radius 1 is 0.742 bits per heavy atom. The first-order valence-electron chi connectivity index (χ1n) is 10.6. The fourth-order valence-corrected chi connectivity index (χ4v) is 5.68. The highest BCUT2D eigenvalue weighted by Gasteiger charge is 2.33. The van der Waals surface area contributed by atoms with Crippen molar-refractivity contribution in [3.05, 3.63) is 76.3 Å². The average molecular weight is 424 g/mol. The Bertz CT molecular complexity index is 1210. The first-order valence-corrected chi connectivity index (χ1v) is 11.4. The molecule has 31 heavy (non-hydrogen) atoms. The Balaban J connectivity index is 2.20. The Hall–Kier alpha value is -3.21. The molecule has 4 heteroatoms. The average Bonchev–Trinajstić information content (AvgIpc) is 2.76. The number of fused-ring (bicyclic) bond motifs is 2. The van der Waals surface area contributed by atoms with Gasteiger partial charge in [0.2, 0.25) is 0 Å². The molecule has 0 saturated heterocycles. The zero-order valence-electron chi connectivity index (χ0n) is 18.5. The van der Waals surface area contributed by atoms with Crippen molar-refractivity contribution in [3.63, 3.8) is 0 Å². The summed E-state index contributed by atoms with van der Waals surface area (Å²) < 4.78 is 0. The van der Waals surface area contributed by atoms with Crippen molar-refractivity contribution in [1.29, 1.82) is 10.5 Å². The minimum Gasteiger partial charge on any atom is -0.307 e. The van der Waals surface area contributed by atoms with Crippen LogP contribution in [0.25, 0.3) is 0 Å². The van der Waals surface area contributed by atoms with Crippen molar-refractivity contribution in [3.8, 4) is 12.1 Å². The molecule has 4 rings (SSSR count). The summed E-state index contributed by atoms with van der Waals surface area (Å²) in [5, 5.41) is 20.4. The maximum atomic E-state index is 10.4. The molecule has 0 bridgehead atoms. The Labute approximate surface area is 188 Å². The molecule has 0 aliphatic carbocycles. The second kappa shape index (κ2) is 8.14. The fraction of sp³-hybridized carbons (Fsp3) is 0.259. The second-order valence-corrected chi connectivity index (χ2v) is 9.54. The Morgan fingerprint density at radius 2 is 1.23 bits per heavy atom. The standard InChI is InChI=1S/C27H25N3S/c1-16(2)25-18(5)19(14-28)26(17(3)4)20(15-29)27(25)30-21-10-6-8-12-23(21)31-24-13-9-7-11-22(24)30/h6-13,16-17H,1-5H3. The highest BCUT2D eigenvalue weighted by molar-refractivity contribution is 7.99. The molecular formula is C27H25N3S. The summed E-state index contributed by atoms with van der Waals surface area (Å²) in [5.74, 6) is 0.219. The third-order valence-corrected chi connectivity index (χ3v) is 6.97. The van der Waals surface area contributed by atoms with Gasteiger partial charge in [-0.25, -0.2) is 0 Å². The van der Waals surface area contributed by atoms with Crippen molar-refractivity contribution in [2.24, 2.45) is 0 Å². The number of hydrogen-bond donors (Lipinski definition) is 0. The molecular weight excluding hydrogens is 398 g/mol. The number of anilines is 3. The van der Waals surface area contributed by atoms with Crippen LogP contribution in [0.4, 0.5) is 17.1 Å². The van der Waals surface area contributed by atoms with E-state index in [1.165, 1.54) is 0 Å². The molecule has 0 fully saturated rings. The summed E-state index contributed by atoms with van der Waals surface area (Å²) in [4.78, 5) is 4.57. The maximum Gasteiger partial charge on any atom is 0.102 e. The summed E-state index contributed by atoms with van der Waals surface area (Å²) in [6.07, 6.45) is 0. The topological polar surface area (TPSA) is 50.8 Å². The van der Waals surface area contributed by atoms with Crippen LogP contribution in [-0.4, -0.2) is 0 Å². The summed E-state index contributed by atoms with van der Waals surface area (Å²) in [5.41, 5.74) is 7.20. The van der Waals surface area contributed by atoms with Crippen molar-refractivity contribution in [2.75, 3.05) is 4.90 Å². The van der Waals surface area contributed by atoms with Gasteiger partial charge in [0.15, 0.2) is 0 Å². The number of nitriles is 2. The quantitative estimate of drug-likeness (QED) is 0.336. The van der Waals surface area contributed by atoms with E-state index in [2.05, 4.69) is 81.1 Å². The van der Waals surface area contributed by atoms with Gasteiger partial charge in [-0.1, -0.05) is 63.7 Å². The molecule has 0 atom stereocenters. The van der Waals surface area contributed by atoms with E-state index in [1.54, 1.807) is 11.8 Å². The molecule has 0 saturated carbocycles. The SMILES string of the molecule is Cc1c(C#N)c(C(C)C)c(C#N)c(N2c3ccccc3Sc3ccccc32)c1C(C)C. The van der Waals surface area contributed by atoms with Gasteiger partial charge < -0.3 is 4.90 Å². The largest absolute Gasteiger partial charge is 0.307 e. The van der Waals surface area contributed by atoms with Crippen LogP contribution in [0.2, 0.25) is 0 Å². The Kier molecular flexibility index (Phi) is 5.52. The molecule has 0 amide bonds. The third-order valence-electron chi connectivity index (χ3n) is 5.84.